The topological polar surface area (TPSA) is 39.1 Å². The highest BCUT2D eigenvalue weighted by atomic mass is 16.5. The average molecular weight is 267 g/mol. The molecule has 0 amide bonds. The predicted octanol–water partition coefficient (Wildman–Crippen LogP) is 3.69. The van der Waals surface area contributed by atoms with Gasteiger partial charge in [0, 0.05) is 37.7 Å². The van der Waals surface area contributed by atoms with E-state index in [-0.39, 0.29) is 5.54 Å². The van der Waals surface area contributed by atoms with Crippen molar-refractivity contribution in [2.45, 2.75) is 65.5 Å². The van der Waals surface area contributed by atoms with Crippen LogP contribution in [0.3, 0.4) is 0 Å². The quantitative estimate of drug-likeness (QED) is 0.657. The van der Waals surface area contributed by atoms with E-state index in [9.17, 15) is 0 Å². The SMILES string of the molecule is CCOCCCn1ccnc1NC(CC)(CC)CC. The average Bonchev–Trinajstić information content (AvgIpc) is 2.88. The van der Waals surface area contributed by atoms with Crippen LogP contribution in [0.15, 0.2) is 12.4 Å². The number of imidazole rings is 1. The first-order valence-corrected chi connectivity index (χ1v) is 7.58. The normalized spacial score (nSPS) is 11.8. The first kappa shape index (κ1) is 16.0. The predicted molar refractivity (Wildman–Crippen MR) is 80.6 cm³/mol. The van der Waals surface area contributed by atoms with Crippen LogP contribution >= 0.6 is 0 Å². The van der Waals surface area contributed by atoms with Gasteiger partial charge in [-0.15, -0.1) is 0 Å². The van der Waals surface area contributed by atoms with Crippen LogP contribution < -0.4 is 5.32 Å². The molecular formula is C15H29N3O. The molecule has 0 fully saturated rings. The van der Waals surface area contributed by atoms with Gasteiger partial charge in [-0.1, -0.05) is 20.8 Å². The molecule has 0 spiro atoms. The summed E-state index contributed by atoms with van der Waals surface area (Å²) in [5.74, 6) is 0.988. The maximum atomic E-state index is 5.38. The second-order valence-electron chi connectivity index (χ2n) is 4.96. The Bertz CT molecular complexity index is 337. The smallest absolute Gasteiger partial charge is 0.203 e. The molecule has 0 saturated heterocycles. The molecule has 4 heteroatoms. The van der Waals surface area contributed by atoms with Crippen molar-refractivity contribution in [3.8, 4) is 0 Å². The number of ether oxygens (including phenoxy) is 1. The minimum absolute atomic E-state index is 0.170. The van der Waals surface area contributed by atoms with Crippen molar-refractivity contribution >= 4 is 5.95 Å². The molecule has 1 rings (SSSR count). The molecule has 0 saturated carbocycles. The van der Waals surface area contributed by atoms with Crippen molar-refractivity contribution in [2.75, 3.05) is 18.5 Å². The van der Waals surface area contributed by atoms with Crippen molar-refractivity contribution in [3.05, 3.63) is 12.4 Å². The van der Waals surface area contributed by atoms with E-state index in [4.69, 9.17) is 4.74 Å². The van der Waals surface area contributed by atoms with Crippen LogP contribution in [0.2, 0.25) is 0 Å². The summed E-state index contributed by atoms with van der Waals surface area (Å²) in [6, 6.07) is 0. The molecule has 0 unspecified atom stereocenters. The highest BCUT2D eigenvalue weighted by molar-refractivity contribution is 5.30. The van der Waals surface area contributed by atoms with Gasteiger partial charge in [0.1, 0.15) is 0 Å². The molecule has 0 bridgehead atoms. The van der Waals surface area contributed by atoms with Gasteiger partial charge >= 0.3 is 0 Å². The molecule has 0 aliphatic heterocycles. The van der Waals surface area contributed by atoms with Gasteiger partial charge in [-0.3, -0.25) is 0 Å². The maximum absolute atomic E-state index is 5.38. The first-order valence-electron chi connectivity index (χ1n) is 7.58. The Balaban J connectivity index is 2.61. The van der Waals surface area contributed by atoms with E-state index in [1.54, 1.807) is 0 Å². The number of aromatic nitrogens is 2. The zero-order valence-electron chi connectivity index (χ0n) is 12.9. The van der Waals surface area contributed by atoms with E-state index < -0.39 is 0 Å². The number of rotatable bonds is 10. The van der Waals surface area contributed by atoms with Crippen LogP contribution in [0.25, 0.3) is 0 Å². The minimum atomic E-state index is 0.170. The van der Waals surface area contributed by atoms with Gasteiger partial charge in [0.2, 0.25) is 5.95 Å². The summed E-state index contributed by atoms with van der Waals surface area (Å²) in [4.78, 5) is 4.45. The highest BCUT2D eigenvalue weighted by Gasteiger charge is 2.24. The molecule has 19 heavy (non-hydrogen) atoms. The van der Waals surface area contributed by atoms with Gasteiger partial charge in [0.15, 0.2) is 0 Å². The number of nitrogens with zero attached hydrogens (tertiary/aromatic N) is 2. The zero-order chi connectivity index (χ0) is 14.1. The van der Waals surface area contributed by atoms with Crippen molar-refractivity contribution in [1.82, 2.24) is 9.55 Å². The number of hydrogen-bond acceptors (Lipinski definition) is 3. The third kappa shape index (κ3) is 4.53. The van der Waals surface area contributed by atoms with Gasteiger partial charge in [-0.25, -0.2) is 4.98 Å². The lowest BCUT2D eigenvalue weighted by Crippen LogP contribution is -2.37. The standard InChI is InChI=1S/C15H29N3O/c1-5-15(6-2,7-3)17-14-16-10-12-18(14)11-9-13-19-8-4/h10,12H,5-9,11,13H2,1-4H3,(H,16,17). The minimum Gasteiger partial charge on any atom is -0.382 e. The summed E-state index contributed by atoms with van der Waals surface area (Å²) in [6.45, 7) is 11.3. The van der Waals surface area contributed by atoms with E-state index in [0.717, 1.165) is 51.4 Å². The summed E-state index contributed by atoms with van der Waals surface area (Å²) in [5.41, 5.74) is 0.170. The third-order valence-electron chi connectivity index (χ3n) is 4.01. The summed E-state index contributed by atoms with van der Waals surface area (Å²) >= 11 is 0. The van der Waals surface area contributed by atoms with Crippen LogP contribution in [0, 0.1) is 0 Å². The van der Waals surface area contributed by atoms with E-state index in [0.29, 0.717) is 0 Å². The number of hydrogen-bond donors (Lipinski definition) is 1. The number of anilines is 1. The van der Waals surface area contributed by atoms with Gasteiger partial charge < -0.3 is 14.6 Å². The molecule has 0 aromatic carbocycles. The molecule has 1 heterocycles. The molecule has 1 aromatic rings. The second kappa shape index (κ2) is 8.20. The third-order valence-corrected chi connectivity index (χ3v) is 4.01. The fourth-order valence-corrected chi connectivity index (χ4v) is 2.35. The first-order chi connectivity index (χ1) is 9.21. The van der Waals surface area contributed by atoms with E-state index in [1.165, 1.54) is 0 Å². The van der Waals surface area contributed by atoms with Crippen LogP contribution in [-0.2, 0) is 11.3 Å². The molecule has 1 N–H and O–H groups in total. The maximum Gasteiger partial charge on any atom is 0.203 e. The van der Waals surface area contributed by atoms with Crippen LogP contribution in [0.1, 0.15) is 53.4 Å². The zero-order valence-corrected chi connectivity index (χ0v) is 12.9. The van der Waals surface area contributed by atoms with Crippen LogP contribution in [-0.4, -0.2) is 28.3 Å². The number of nitrogens with one attached hydrogen (secondary N) is 1. The monoisotopic (exact) mass is 267 g/mol. The van der Waals surface area contributed by atoms with E-state index in [1.807, 2.05) is 19.3 Å². The molecular weight excluding hydrogens is 238 g/mol. The van der Waals surface area contributed by atoms with Gasteiger partial charge in [0.25, 0.3) is 0 Å². The van der Waals surface area contributed by atoms with Gasteiger partial charge in [-0.2, -0.15) is 0 Å². The Kier molecular flexibility index (Phi) is 6.92. The van der Waals surface area contributed by atoms with Crippen molar-refractivity contribution in [2.24, 2.45) is 0 Å². The summed E-state index contributed by atoms with van der Waals surface area (Å²) < 4.78 is 7.57. The van der Waals surface area contributed by atoms with E-state index in [2.05, 4.69) is 35.6 Å². The lowest BCUT2D eigenvalue weighted by Gasteiger charge is -2.32. The molecule has 110 valence electrons. The fourth-order valence-electron chi connectivity index (χ4n) is 2.35. The molecule has 1 aromatic heterocycles. The molecule has 0 aliphatic carbocycles. The molecule has 0 aliphatic rings. The van der Waals surface area contributed by atoms with Gasteiger partial charge in [0.05, 0.1) is 0 Å². The van der Waals surface area contributed by atoms with Crippen LogP contribution in [0.5, 0.6) is 0 Å². The largest absolute Gasteiger partial charge is 0.382 e. The summed E-state index contributed by atoms with van der Waals surface area (Å²) in [7, 11) is 0. The lowest BCUT2D eigenvalue weighted by atomic mass is 9.90. The Morgan fingerprint density at radius 3 is 2.47 bits per heavy atom. The van der Waals surface area contributed by atoms with E-state index >= 15 is 0 Å². The van der Waals surface area contributed by atoms with Crippen molar-refractivity contribution in [3.63, 3.8) is 0 Å². The Morgan fingerprint density at radius 1 is 1.21 bits per heavy atom. The Morgan fingerprint density at radius 2 is 1.89 bits per heavy atom. The van der Waals surface area contributed by atoms with Crippen molar-refractivity contribution in [1.29, 1.82) is 0 Å². The number of aryl methyl sites for hydroxylation is 1. The second-order valence-corrected chi connectivity index (χ2v) is 4.96. The van der Waals surface area contributed by atoms with Crippen LogP contribution in [0.4, 0.5) is 5.95 Å². The molecule has 4 nitrogen and oxygen atoms in total. The highest BCUT2D eigenvalue weighted by Crippen LogP contribution is 2.24. The molecule has 0 atom stereocenters. The Labute approximate surface area is 117 Å². The van der Waals surface area contributed by atoms with Gasteiger partial charge in [-0.05, 0) is 32.6 Å². The summed E-state index contributed by atoms with van der Waals surface area (Å²) in [6.07, 6.45) is 8.29. The van der Waals surface area contributed by atoms with Crippen molar-refractivity contribution < 1.29 is 4.74 Å². The Hall–Kier alpha value is -1.03. The summed E-state index contributed by atoms with van der Waals surface area (Å²) in [5, 5.41) is 3.64. The lowest BCUT2D eigenvalue weighted by molar-refractivity contribution is 0.141. The molecule has 0 radical (unpaired) electrons. The fraction of sp³-hybridized carbons (Fsp3) is 0.800.